The molecule has 0 nitrogen and oxygen atoms in total. The van der Waals surface area contributed by atoms with Crippen LogP contribution in [-0.2, 0) is 0 Å². The molecule has 0 bridgehead atoms. The molecule has 2 aliphatic carbocycles. The van der Waals surface area contributed by atoms with Gasteiger partial charge in [0.05, 0.1) is 0 Å². The largest absolute Gasteiger partial charge is 0.0620 e. The molecule has 0 aromatic heterocycles. The summed E-state index contributed by atoms with van der Waals surface area (Å²) in [6.45, 7) is 2.49. The van der Waals surface area contributed by atoms with Crippen LogP contribution in [0.2, 0.25) is 0 Å². The van der Waals surface area contributed by atoms with Crippen LogP contribution in [0.5, 0.6) is 0 Å². The third kappa shape index (κ3) is 2.52. The third-order valence-electron chi connectivity index (χ3n) is 4.38. The van der Waals surface area contributed by atoms with Gasteiger partial charge in [-0.3, -0.25) is 0 Å². The van der Waals surface area contributed by atoms with Crippen molar-refractivity contribution in [2.24, 2.45) is 17.8 Å². The van der Waals surface area contributed by atoms with Crippen LogP contribution in [0.4, 0.5) is 0 Å². The SMILES string of the molecule is CC(C1[C]CCCC1)C1CCCCC1. The Balaban J connectivity index is 1.82. The lowest BCUT2D eigenvalue weighted by Gasteiger charge is -2.35. The summed E-state index contributed by atoms with van der Waals surface area (Å²) in [6.07, 6.45) is 16.7. The summed E-state index contributed by atoms with van der Waals surface area (Å²) in [5, 5.41) is 0. The molecule has 0 heteroatoms. The average molecular weight is 192 g/mol. The smallest absolute Gasteiger partial charge is 0.0137 e. The molecule has 14 heavy (non-hydrogen) atoms. The maximum atomic E-state index is 3.72. The van der Waals surface area contributed by atoms with E-state index < -0.39 is 0 Å². The fourth-order valence-corrected chi connectivity index (χ4v) is 3.32. The quantitative estimate of drug-likeness (QED) is 0.605. The molecule has 2 aliphatic rings. The molecule has 2 saturated carbocycles. The molecule has 2 rings (SSSR count). The normalized spacial score (nSPS) is 27.0. The van der Waals surface area contributed by atoms with Crippen molar-refractivity contribution in [1.82, 2.24) is 0 Å². The first-order valence-electron chi connectivity index (χ1n) is 6.61. The van der Waals surface area contributed by atoms with E-state index >= 15 is 0 Å². The Morgan fingerprint density at radius 3 is 2.29 bits per heavy atom. The monoisotopic (exact) mass is 192 g/mol. The van der Waals surface area contributed by atoms with Gasteiger partial charge in [0.1, 0.15) is 0 Å². The summed E-state index contributed by atoms with van der Waals surface area (Å²) in [4.78, 5) is 0. The van der Waals surface area contributed by atoms with Gasteiger partial charge in [0.25, 0.3) is 0 Å². The van der Waals surface area contributed by atoms with Crippen molar-refractivity contribution in [1.29, 1.82) is 0 Å². The number of hydrogen-bond donors (Lipinski definition) is 0. The highest BCUT2D eigenvalue weighted by Crippen LogP contribution is 2.38. The van der Waals surface area contributed by atoms with Crippen LogP contribution in [-0.4, -0.2) is 0 Å². The zero-order valence-electron chi connectivity index (χ0n) is 9.60. The Hall–Kier alpha value is 0. The van der Waals surface area contributed by atoms with E-state index in [1.807, 2.05) is 0 Å². The van der Waals surface area contributed by atoms with Crippen LogP contribution in [0, 0.1) is 24.2 Å². The standard InChI is InChI=1S/C14H24/c1-12(13-8-4-2-5-9-13)14-10-6-3-7-11-14/h12-14H,2-10H2,1H3. The van der Waals surface area contributed by atoms with Crippen LogP contribution in [0.1, 0.15) is 64.7 Å². The predicted molar refractivity (Wildman–Crippen MR) is 60.9 cm³/mol. The zero-order chi connectivity index (χ0) is 9.80. The molecule has 2 atom stereocenters. The number of hydrogen-bond acceptors (Lipinski definition) is 0. The molecule has 0 aromatic rings. The van der Waals surface area contributed by atoms with Gasteiger partial charge in [-0.25, -0.2) is 0 Å². The minimum atomic E-state index is 0.840. The molecule has 0 aromatic carbocycles. The summed E-state index contributed by atoms with van der Waals surface area (Å²) in [5.74, 6) is 2.79. The fraction of sp³-hybridized carbons (Fsp3) is 0.929. The molecule has 0 spiro atoms. The van der Waals surface area contributed by atoms with E-state index in [1.165, 1.54) is 57.8 Å². The van der Waals surface area contributed by atoms with E-state index in [9.17, 15) is 0 Å². The highest BCUT2D eigenvalue weighted by atomic mass is 14.3. The molecule has 0 amide bonds. The number of rotatable bonds is 2. The lowest BCUT2D eigenvalue weighted by Crippen LogP contribution is -2.25. The van der Waals surface area contributed by atoms with Gasteiger partial charge in [-0.2, -0.15) is 0 Å². The molecule has 0 N–H and O–H groups in total. The first kappa shape index (κ1) is 10.5. The molecule has 2 fully saturated rings. The fourth-order valence-electron chi connectivity index (χ4n) is 3.32. The lowest BCUT2D eigenvalue weighted by atomic mass is 9.71. The first-order valence-corrected chi connectivity index (χ1v) is 6.61. The second-order valence-corrected chi connectivity index (χ2v) is 5.31. The van der Waals surface area contributed by atoms with Crippen molar-refractivity contribution >= 4 is 0 Å². The van der Waals surface area contributed by atoms with Crippen LogP contribution >= 0.6 is 0 Å². The van der Waals surface area contributed by atoms with Crippen molar-refractivity contribution in [3.63, 3.8) is 0 Å². The van der Waals surface area contributed by atoms with Crippen LogP contribution in [0.25, 0.3) is 0 Å². The van der Waals surface area contributed by atoms with Crippen molar-refractivity contribution in [2.45, 2.75) is 64.7 Å². The van der Waals surface area contributed by atoms with E-state index in [4.69, 9.17) is 0 Å². The van der Waals surface area contributed by atoms with Crippen LogP contribution in [0.15, 0.2) is 0 Å². The summed E-state index contributed by atoms with van der Waals surface area (Å²) in [7, 11) is 0. The average Bonchev–Trinajstić information content (AvgIpc) is 2.30. The Kier molecular flexibility index (Phi) is 3.89. The maximum absolute atomic E-state index is 3.72. The van der Waals surface area contributed by atoms with Gasteiger partial charge in [0.15, 0.2) is 0 Å². The lowest BCUT2D eigenvalue weighted by molar-refractivity contribution is 0.190. The predicted octanol–water partition coefficient (Wildman–Crippen LogP) is 4.47. The van der Waals surface area contributed by atoms with Crippen molar-refractivity contribution in [3.8, 4) is 0 Å². The van der Waals surface area contributed by atoms with Crippen molar-refractivity contribution < 1.29 is 0 Å². The minimum Gasteiger partial charge on any atom is -0.0620 e. The van der Waals surface area contributed by atoms with Crippen LogP contribution in [0.3, 0.4) is 0 Å². The highest BCUT2D eigenvalue weighted by molar-refractivity contribution is 4.87. The van der Waals surface area contributed by atoms with Crippen molar-refractivity contribution in [2.75, 3.05) is 0 Å². The highest BCUT2D eigenvalue weighted by Gasteiger charge is 2.28. The van der Waals surface area contributed by atoms with Gasteiger partial charge >= 0.3 is 0 Å². The Bertz CT molecular complexity index is 131. The molecular formula is C14H24. The molecular weight excluding hydrogens is 168 g/mol. The summed E-state index contributed by atoms with van der Waals surface area (Å²) in [5.41, 5.74) is 0. The summed E-state index contributed by atoms with van der Waals surface area (Å²) >= 11 is 0. The summed E-state index contributed by atoms with van der Waals surface area (Å²) < 4.78 is 0. The van der Waals surface area contributed by atoms with E-state index in [2.05, 4.69) is 13.3 Å². The molecule has 2 radical (unpaired) electrons. The molecule has 0 saturated heterocycles. The van der Waals surface area contributed by atoms with E-state index in [0.717, 1.165) is 17.8 Å². The first-order chi connectivity index (χ1) is 6.88. The second-order valence-electron chi connectivity index (χ2n) is 5.31. The van der Waals surface area contributed by atoms with Gasteiger partial charge < -0.3 is 0 Å². The third-order valence-corrected chi connectivity index (χ3v) is 4.38. The Labute approximate surface area is 89.5 Å². The Morgan fingerprint density at radius 1 is 0.929 bits per heavy atom. The Morgan fingerprint density at radius 2 is 1.64 bits per heavy atom. The zero-order valence-corrected chi connectivity index (χ0v) is 9.60. The molecule has 0 aliphatic heterocycles. The topological polar surface area (TPSA) is 0 Å². The second kappa shape index (κ2) is 5.19. The van der Waals surface area contributed by atoms with E-state index in [-0.39, 0.29) is 0 Å². The van der Waals surface area contributed by atoms with E-state index in [1.54, 1.807) is 0 Å². The van der Waals surface area contributed by atoms with Gasteiger partial charge in [-0.1, -0.05) is 51.9 Å². The van der Waals surface area contributed by atoms with Crippen molar-refractivity contribution in [3.05, 3.63) is 6.42 Å². The molecule has 2 unspecified atom stereocenters. The van der Waals surface area contributed by atoms with Crippen LogP contribution < -0.4 is 0 Å². The van der Waals surface area contributed by atoms with Gasteiger partial charge in [0.2, 0.25) is 0 Å². The van der Waals surface area contributed by atoms with Gasteiger partial charge in [-0.15, -0.1) is 0 Å². The summed E-state index contributed by atoms with van der Waals surface area (Å²) in [6, 6.07) is 0. The minimum absolute atomic E-state index is 0.840. The maximum Gasteiger partial charge on any atom is -0.0137 e. The van der Waals surface area contributed by atoms with Gasteiger partial charge in [0, 0.05) is 0 Å². The molecule has 0 heterocycles. The van der Waals surface area contributed by atoms with Gasteiger partial charge in [-0.05, 0) is 37.0 Å². The van der Waals surface area contributed by atoms with E-state index in [0.29, 0.717) is 0 Å². The molecule has 80 valence electrons.